The van der Waals surface area contributed by atoms with E-state index in [9.17, 15) is 5.11 Å². The van der Waals surface area contributed by atoms with Crippen molar-refractivity contribution < 1.29 is 14.6 Å². The second-order valence-electron chi connectivity index (χ2n) is 13.3. The number of aryl methyl sites for hydroxylation is 1. The number of hydrogen-bond acceptors (Lipinski definition) is 8. The number of aliphatic hydroxyl groups is 1. The summed E-state index contributed by atoms with van der Waals surface area (Å²) in [5.74, 6) is 2.09. The van der Waals surface area contributed by atoms with Gasteiger partial charge in [-0.25, -0.2) is 14.6 Å². The number of benzene rings is 1. The fraction of sp³-hybridized carbons (Fsp3) is 0.600. The number of ether oxygens (including phenoxy) is 2. The van der Waals surface area contributed by atoms with Crippen molar-refractivity contribution in [1.29, 1.82) is 0 Å². The number of aromatic nitrogens is 5. The Morgan fingerprint density at radius 1 is 1.15 bits per heavy atom. The zero-order chi connectivity index (χ0) is 29.2. The third-order valence-corrected chi connectivity index (χ3v) is 8.36. The molecule has 1 aliphatic rings. The lowest BCUT2D eigenvalue weighted by atomic mass is 9.86. The van der Waals surface area contributed by atoms with Gasteiger partial charge < -0.3 is 19.9 Å². The van der Waals surface area contributed by atoms with E-state index in [1.165, 1.54) is 0 Å². The summed E-state index contributed by atoms with van der Waals surface area (Å²) in [4.78, 5) is 10.2. The number of nitrogens with one attached hydrogen (secondary N) is 1. The van der Waals surface area contributed by atoms with Gasteiger partial charge in [-0.2, -0.15) is 0 Å². The van der Waals surface area contributed by atoms with E-state index in [1.54, 1.807) is 6.92 Å². The minimum Gasteiger partial charge on any atom is -0.487 e. The van der Waals surface area contributed by atoms with Crippen LogP contribution in [0.4, 0.5) is 5.82 Å². The van der Waals surface area contributed by atoms with Crippen LogP contribution in [0, 0.1) is 19.3 Å². The summed E-state index contributed by atoms with van der Waals surface area (Å²) in [6.07, 6.45) is 1.72. The maximum Gasteiger partial charge on any atom is 0.162 e. The van der Waals surface area contributed by atoms with Crippen molar-refractivity contribution in [2.24, 2.45) is 5.41 Å². The van der Waals surface area contributed by atoms with E-state index in [0.717, 1.165) is 66.2 Å². The Balaban J connectivity index is 1.81. The molecule has 9 nitrogen and oxygen atoms in total. The van der Waals surface area contributed by atoms with Gasteiger partial charge in [-0.1, -0.05) is 57.8 Å². The molecule has 0 radical (unpaired) electrons. The van der Waals surface area contributed by atoms with E-state index < -0.39 is 14.2 Å². The molecule has 0 bridgehead atoms. The van der Waals surface area contributed by atoms with Crippen molar-refractivity contribution in [3.8, 4) is 28.5 Å². The highest BCUT2D eigenvalue weighted by Crippen LogP contribution is 2.34. The van der Waals surface area contributed by atoms with Crippen LogP contribution in [0.5, 0.6) is 5.75 Å². The van der Waals surface area contributed by atoms with Gasteiger partial charge in [0.1, 0.15) is 23.4 Å². The van der Waals surface area contributed by atoms with Crippen molar-refractivity contribution in [3.05, 3.63) is 35.5 Å². The van der Waals surface area contributed by atoms with E-state index in [-0.39, 0.29) is 17.6 Å². The number of rotatable bonds is 9. The largest absolute Gasteiger partial charge is 0.487 e. The minimum atomic E-state index is -1.49. The van der Waals surface area contributed by atoms with Crippen LogP contribution >= 0.6 is 0 Å². The van der Waals surface area contributed by atoms with Gasteiger partial charge in [-0.05, 0) is 45.7 Å². The van der Waals surface area contributed by atoms with Gasteiger partial charge in [0.2, 0.25) is 0 Å². The highest BCUT2D eigenvalue weighted by molar-refractivity contribution is 6.74. The molecular formula is C30H46N6O3Si. The molecule has 3 heterocycles. The second kappa shape index (κ2) is 12.0. The Hall–Kier alpha value is -2.82. The van der Waals surface area contributed by atoms with Gasteiger partial charge in [0.25, 0.3) is 0 Å². The molecule has 10 heteroatoms. The summed E-state index contributed by atoms with van der Waals surface area (Å²) in [6.45, 7) is 20.5. The molecule has 2 unspecified atom stereocenters. The molecule has 4 rings (SSSR count). The fourth-order valence-electron chi connectivity index (χ4n) is 5.16. The first-order valence-corrected chi connectivity index (χ1v) is 18.0. The molecule has 0 amide bonds. The van der Waals surface area contributed by atoms with Crippen LogP contribution < -0.4 is 10.1 Å². The Morgan fingerprint density at radius 2 is 1.85 bits per heavy atom. The maximum absolute atomic E-state index is 10.4. The molecule has 3 aromatic rings. The first-order valence-electron chi connectivity index (χ1n) is 14.3. The van der Waals surface area contributed by atoms with Crippen molar-refractivity contribution in [1.82, 2.24) is 25.0 Å². The van der Waals surface area contributed by atoms with Crippen molar-refractivity contribution in [2.75, 3.05) is 18.5 Å². The van der Waals surface area contributed by atoms with Crippen LogP contribution in [0.15, 0.2) is 24.3 Å². The number of nitrogens with zero attached hydrogens (tertiary/aromatic N) is 5. The molecule has 0 spiro atoms. The van der Waals surface area contributed by atoms with Gasteiger partial charge in [-0.3, -0.25) is 0 Å². The third-order valence-electron chi connectivity index (χ3n) is 7.11. The van der Waals surface area contributed by atoms with Gasteiger partial charge in [0.15, 0.2) is 5.82 Å². The number of anilines is 1. The quantitative estimate of drug-likeness (QED) is 0.320. The smallest absolute Gasteiger partial charge is 0.162 e. The Bertz CT molecular complexity index is 1310. The Labute approximate surface area is 239 Å². The van der Waals surface area contributed by atoms with Gasteiger partial charge >= 0.3 is 0 Å². The molecule has 40 heavy (non-hydrogen) atoms. The van der Waals surface area contributed by atoms with Crippen molar-refractivity contribution in [2.45, 2.75) is 98.4 Å². The molecule has 2 atom stereocenters. The average Bonchev–Trinajstić information content (AvgIpc) is 3.21. The zero-order valence-electron chi connectivity index (χ0n) is 25.6. The monoisotopic (exact) mass is 566 g/mol. The van der Waals surface area contributed by atoms with E-state index in [2.05, 4.69) is 63.0 Å². The van der Waals surface area contributed by atoms with Crippen molar-refractivity contribution in [3.63, 3.8) is 0 Å². The Kier molecular flexibility index (Phi) is 9.01. The summed E-state index contributed by atoms with van der Waals surface area (Å²) in [5.41, 5.74) is 4.21. The summed E-state index contributed by atoms with van der Waals surface area (Å²) in [7, 11) is -1.49. The number of hydrogen-bond donors (Lipinski definition) is 2. The topological polar surface area (TPSA) is 107 Å². The predicted molar refractivity (Wildman–Crippen MR) is 162 cm³/mol. The average molecular weight is 567 g/mol. The van der Waals surface area contributed by atoms with E-state index in [0.29, 0.717) is 11.6 Å². The SMILES string of the molecule is Cc1nnn(C[Si](C)(C)C)c1-c1nc(-c2cccc(OC(C(C)O)C(C)(C)C)c2)nc(NC2CCOCC2)c1C. The van der Waals surface area contributed by atoms with Crippen LogP contribution in [-0.4, -0.2) is 69.6 Å². The highest BCUT2D eigenvalue weighted by Gasteiger charge is 2.31. The van der Waals surface area contributed by atoms with Gasteiger partial charge in [0, 0.05) is 42.0 Å². The minimum absolute atomic E-state index is 0.238. The zero-order valence-corrected chi connectivity index (χ0v) is 26.6. The van der Waals surface area contributed by atoms with E-state index in [1.807, 2.05) is 35.9 Å². The van der Waals surface area contributed by atoms with Crippen LogP contribution in [0.2, 0.25) is 19.6 Å². The first kappa shape index (κ1) is 30.1. The molecule has 0 saturated carbocycles. The maximum atomic E-state index is 10.4. The molecule has 1 fully saturated rings. The summed E-state index contributed by atoms with van der Waals surface area (Å²) in [5, 5.41) is 23.1. The van der Waals surface area contributed by atoms with Crippen LogP contribution in [0.25, 0.3) is 22.8 Å². The van der Waals surface area contributed by atoms with Crippen LogP contribution in [-0.2, 0) is 10.9 Å². The van der Waals surface area contributed by atoms with Crippen LogP contribution in [0.3, 0.4) is 0 Å². The third kappa shape index (κ3) is 7.27. The molecule has 218 valence electrons. The predicted octanol–water partition coefficient (Wildman–Crippen LogP) is 5.66. The lowest BCUT2D eigenvalue weighted by Crippen LogP contribution is -2.41. The molecule has 2 aromatic heterocycles. The van der Waals surface area contributed by atoms with Crippen LogP contribution in [0.1, 0.15) is 51.8 Å². The lowest BCUT2D eigenvalue weighted by Gasteiger charge is -2.33. The summed E-state index contributed by atoms with van der Waals surface area (Å²) >= 11 is 0. The second-order valence-corrected chi connectivity index (χ2v) is 18.8. The number of aliphatic hydroxyl groups excluding tert-OH is 1. The molecule has 1 aromatic carbocycles. The fourth-order valence-corrected chi connectivity index (χ4v) is 6.28. The highest BCUT2D eigenvalue weighted by atomic mass is 28.3. The summed E-state index contributed by atoms with van der Waals surface area (Å²) < 4.78 is 13.9. The molecule has 0 aliphatic carbocycles. The molecule has 1 aliphatic heterocycles. The van der Waals surface area contributed by atoms with Gasteiger partial charge in [0.05, 0.1) is 25.6 Å². The first-order chi connectivity index (χ1) is 18.7. The molecule has 2 N–H and O–H groups in total. The molecular weight excluding hydrogens is 520 g/mol. The van der Waals surface area contributed by atoms with E-state index in [4.69, 9.17) is 19.4 Å². The summed E-state index contributed by atoms with van der Waals surface area (Å²) in [6, 6.07) is 8.10. The lowest BCUT2D eigenvalue weighted by molar-refractivity contribution is -0.0173. The standard InChI is InChI=1S/C30H46N6O3Si/c1-19-25(26-20(2)34-35-36(26)18-40(7,8)9)32-29(33-28(19)31-23-13-15-38-16-14-23)22-11-10-12-24(17-22)39-27(21(3)37)30(4,5)6/h10-12,17,21,23,27,37H,13-16,18H2,1-9H3,(H,31,32,33). The van der Waals surface area contributed by atoms with Crippen molar-refractivity contribution >= 4 is 13.9 Å². The van der Waals surface area contributed by atoms with Gasteiger partial charge in [-0.15, -0.1) is 5.10 Å². The Morgan fingerprint density at radius 3 is 2.48 bits per heavy atom. The molecule has 1 saturated heterocycles. The normalized spacial score (nSPS) is 16.6. The van der Waals surface area contributed by atoms with E-state index >= 15 is 0 Å².